The van der Waals surface area contributed by atoms with Gasteiger partial charge in [0.25, 0.3) is 0 Å². The number of ether oxygens (including phenoxy) is 1. The second-order valence-electron chi connectivity index (χ2n) is 5.27. The summed E-state index contributed by atoms with van der Waals surface area (Å²) in [6.07, 6.45) is 3.00. The Labute approximate surface area is 130 Å². The van der Waals surface area contributed by atoms with Crippen LogP contribution >= 0.6 is 15.9 Å². The van der Waals surface area contributed by atoms with Crippen LogP contribution in [0.3, 0.4) is 0 Å². The molecule has 0 aliphatic heterocycles. The normalized spacial score (nSPS) is 11.8. The van der Waals surface area contributed by atoms with Gasteiger partial charge in [0.15, 0.2) is 0 Å². The molecule has 0 radical (unpaired) electrons. The molecule has 0 saturated carbocycles. The highest BCUT2D eigenvalue weighted by atomic mass is 79.9. The Morgan fingerprint density at radius 1 is 1.30 bits per heavy atom. The largest absolute Gasteiger partial charge is 0.383 e. The fraction of sp³-hybridized carbons (Fsp3) is 0.625. The summed E-state index contributed by atoms with van der Waals surface area (Å²) in [5.74, 6) is -0.184. The molecular formula is C16H25BrFNO. The molecule has 20 heavy (non-hydrogen) atoms. The molecule has 0 saturated heterocycles. The fourth-order valence-electron chi connectivity index (χ4n) is 2.43. The second-order valence-corrected chi connectivity index (χ2v) is 6.06. The number of hydrogen-bond acceptors (Lipinski definition) is 2. The van der Waals surface area contributed by atoms with Crippen LogP contribution < -0.4 is 5.32 Å². The van der Waals surface area contributed by atoms with Gasteiger partial charge in [-0.05, 0) is 52.2 Å². The summed E-state index contributed by atoms with van der Waals surface area (Å²) < 4.78 is 19.3. The average molecular weight is 346 g/mol. The van der Waals surface area contributed by atoms with Crippen LogP contribution in [0.5, 0.6) is 0 Å². The smallest absolute Gasteiger partial charge is 0.137 e. The zero-order chi connectivity index (χ0) is 15.0. The van der Waals surface area contributed by atoms with Crippen molar-refractivity contribution in [1.82, 2.24) is 5.32 Å². The van der Waals surface area contributed by atoms with E-state index in [9.17, 15) is 4.39 Å². The van der Waals surface area contributed by atoms with Crippen LogP contribution in [0.25, 0.3) is 0 Å². The summed E-state index contributed by atoms with van der Waals surface area (Å²) in [5, 5.41) is 3.45. The maximum Gasteiger partial charge on any atom is 0.137 e. The second kappa shape index (κ2) is 8.75. The molecule has 1 rings (SSSR count). The molecule has 0 aromatic heterocycles. The molecule has 1 aromatic rings. The minimum absolute atomic E-state index is 0.157. The predicted molar refractivity (Wildman–Crippen MR) is 85.6 cm³/mol. The minimum atomic E-state index is -0.184. The third-order valence-corrected chi connectivity index (χ3v) is 4.97. The Bertz CT molecular complexity index is 407. The van der Waals surface area contributed by atoms with E-state index in [4.69, 9.17) is 4.74 Å². The van der Waals surface area contributed by atoms with Gasteiger partial charge in [-0.1, -0.05) is 26.0 Å². The van der Waals surface area contributed by atoms with Gasteiger partial charge in [-0.25, -0.2) is 4.39 Å². The van der Waals surface area contributed by atoms with Crippen molar-refractivity contribution in [2.45, 2.75) is 33.1 Å². The molecule has 0 aliphatic rings. The molecule has 0 aliphatic carbocycles. The Balaban J connectivity index is 2.77. The lowest BCUT2D eigenvalue weighted by Gasteiger charge is -2.32. The summed E-state index contributed by atoms with van der Waals surface area (Å²) in [7, 11) is 1.71. The zero-order valence-corrected chi connectivity index (χ0v) is 14.2. The molecule has 1 aromatic carbocycles. The quantitative estimate of drug-likeness (QED) is 0.678. The van der Waals surface area contributed by atoms with Crippen molar-refractivity contribution in [2.24, 2.45) is 5.41 Å². The van der Waals surface area contributed by atoms with E-state index in [0.29, 0.717) is 11.1 Å². The number of nitrogens with one attached hydrogen (secondary N) is 1. The van der Waals surface area contributed by atoms with Gasteiger partial charge in [0.2, 0.25) is 0 Å². The highest BCUT2D eigenvalue weighted by Gasteiger charge is 2.27. The molecule has 2 nitrogen and oxygen atoms in total. The topological polar surface area (TPSA) is 21.3 Å². The van der Waals surface area contributed by atoms with E-state index in [1.54, 1.807) is 13.2 Å². The number of benzene rings is 1. The van der Waals surface area contributed by atoms with Crippen molar-refractivity contribution >= 4 is 15.9 Å². The van der Waals surface area contributed by atoms with E-state index in [1.807, 2.05) is 6.07 Å². The van der Waals surface area contributed by atoms with Crippen molar-refractivity contribution in [3.8, 4) is 0 Å². The lowest BCUT2D eigenvalue weighted by Crippen LogP contribution is -2.36. The Morgan fingerprint density at radius 3 is 2.60 bits per heavy atom. The van der Waals surface area contributed by atoms with Crippen LogP contribution in [-0.4, -0.2) is 26.8 Å². The van der Waals surface area contributed by atoms with Gasteiger partial charge in [0.1, 0.15) is 5.82 Å². The van der Waals surface area contributed by atoms with Gasteiger partial charge < -0.3 is 10.1 Å². The van der Waals surface area contributed by atoms with E-state index in [1.165, 1.54) is 6.07 Å². The van der Waals surface area contributed by atoms with E-state index < -0.39 is 0 Å². The molecule has 1 N–H and O–H groups in total. The van der Waals surface area contributed by atoms with E-state index in [2.05, 4.69) is 35.1 Å². The Hall–Kier alpha value is -0.450. The molecular weight excluding hydrogens is 321 g/mol. The molecule has 0 heterocycles. The molecule has 0 fully saturated rings. The van der Waals surface area contributed by atoms with Crippen LogP contribution in [0.15, 0.2) is 22.7 Å². The molecule has 114 valence electrons. The Kier molecular flexibility index (Phi) is 7.70. The molecule has 0 spiro atoms. The first kappa shape index (κ1) is 17.6. The number of methoxy groups -OCH3 is 1. The third kappa shape index (κ3) is 4.83. The van der Waals surface area contributed by atoms with Gasteiger partial charge in [-0.2, -0.15) is 0 Å². The summed E-state index contributed by atoms with van der Waals surface area (Å²) >= 11 is 3.37. The average Bonchev–Trinajstić information content (AvgIpc) is 2.47. The van der Waals surface area contributed by atoms with Crippen LogP contribution in [0.2, 0.25) is 0 Å². The summed E-state index contributed by atoms with van der Waals surface area (Å²) in [5.41, 5.74) is 1.20. The van der Waals surface area contributed by atoms with Crippen LogP contribution in [0, 0.1) is 11.2 Å². The van der Waals surface area contributed by atoms with E-state index in [-0.39, 0.29) is 11.2 Å². The van der Waals surface area contributed by atoms with Gasteiger partial charge in [-0.15, -0.1) is 0 Å². The van der Waals surface area contributed by atoms with Crippen LogP contribution in [-0.2, 0) is 11.2 Å². The SMILES string of the molecule is CCC(CC)(CNCCOC)Cc1cccc(F)c1Br. The Morgan fingerprint density at radius 2 is 2.00 bits per heavy atom. The maximum atomic E-state index is 13.6. The van der Waals surface area contributed by atoms with Gasteiger partial charge >= 0.3 is 0 Å². The molecule has 4 heteroatoms. The summed E-state index contributed by atoms with van der Waals surface area (Å²) in [6.45, 7) is 6.89. The first-order valence-electron chi connectivity index (χ1n) is 7.21. The summed E-state index contributed by atoms with van der Waals surface area (Å²) in [4.78, 5) is 0. The zero-order valence-electron chi connectivity index (χ0n) is 12.6. The fourth-order valence-corrected chi connectivity index (χ4v) is 2.83. The van der Waals surface area contributed by atoms with Gasteiger partial charge in [0, 0.05) is 20.2 Å². The third-order valence-electron chi connectivity index (χ3n) is 4.08. The monoisotopic (exact) mass is 345 g/mol. The highest BCUT2D eigenvalue weighted by molar-refractivity contribution is 9.10. The van der Waals surface area contributed by atoms with Crippen molar-refractivity contribution < 1.29 is 9.13 Å². The first-order chi connectivity index (χ1) is 9.58. The lowest BCUT2D eigenvalue weighted by molar-refractivity contribution is 0.185. The van der Waals surface area contributed by atoms with Gasteiger partial charge in [0.05, 0.1) is 11.1 Å². The molecule has 0 amide bonds. The molecule has 0 unspecified atom stereocenters. The van der Waals surface area contributed by atoms with Crippen molar-refractivity contribution in [3.05, 3.63) is 34.1 Å². The van der Waals surface area contributed by atoms with Gasteiger partial charge in [-0.3, -0.25) is 0 Å². The van der Waals surface area contributed by atoms with E-state index >= 15 is 0 Å². The van der Waals surface area contributed by atoms with Crippen LogP contribution in [0.4, 0.5) is 4.39 Å². The van der Waals surface area contributed by atoms with Crippen molar-refractivity contribution in [2.75, 3.05) is 26.8 Å². The summed E-state index contributed by atoms with van der Waals surface area (Å²) in [6, 6.07) is 5.27. The lowest BCUT2D eigenvalue weighted by atomic mass is 9.77. The molecule has 0 atom stereocenters. The van der Waals surface area contributed by atoms with Crippen molar-refractivity contribution in [1.29, 1.82) is 0 Å². The predicted octanol–water partition coefficient (Wildman–Crippen LogP) is 4.17. The minimum Gasteiger partial charge on any atom is -0.383 e. The van der Waals surface area contributed by atoms with Crippen LogP contribution in [0.1, 0.15) is 32.3 Å². The number of rotatable bonds is 9. The maximum absolute atomic E-state index is 13.6. The van der Waals surface area contributed by atoms with Crippen molar-refractivity contribution in [3.63, 3.8) is 0 Å². The first-order valence-corrected chi connectivity index (χ1v) is 8.00. The van der Waals surface area contributed by atoms with E-state index in [0.717, 1.165) is 37.9 Å². The molecule has 0 bridgehead atoms. The number of hydrogen-bond donors (Lipinski definition) is 1. The number of halogens is 2. The highest BCUT2D eigenvalue weighted by Crippen LogP contribution is 2.33. The standard InChI is InChI=1S/C16H25BrFNO/c1-4-16(5-2,12-19-9-10-20-3)11-13-7-6-8-14(18)15(13)17/h6-8,19H,4-5,9-12H2,1-3H3.